The number of fused-ring (bicyclic) bond motifs is 2. The Kier molecular flexibility index (Phi) is 5.07. The van der Waals surface area contributed by atoms with Crippen molar-refractivity contribution in [3.8, 4) is 17.2 Å². The van der Waals surface area contributed by atoms with E-state index in [2.05, 4.69) is 10.3 Å². The van der Waals surface area contributed by atoms with Crippen LogP contribution in [0, 0.1) is 0 Å². The Morgan fingerprint density at radius 3 is 2.59 bits per heavy atom. The Balaban J connectivity index is 1.47. The first-order chi connectivity index (χ1) is 14.1. The molecule has 1 aliphatic heterocycles. The standard InChI is InChI=1S/C21H21N3O5/c1-27-15-8-13(9-16(10-15)28-2)22-20(25)12-29-14-5-6-18-17(11-14)21(26)24-7-3-4-19(24)23-18/h5-6,8-11H,3-4,7,12H2,1-2H3,(H,22,25). The minimum atomic E-state index is -0.343. The van der Waals surface area contributed by atoms with Crippen LogP contribution in [0.25, 0.3) is 10.9 Å². The van der Waals surface area contributed by atoms with Gasteiger partial charge in [0.15, 0.2) is 6.61 Å². The maximum Gasteiger partial charge on any atom is 0.262 e. The normalized spacial score (nSPS) is 12.5. The molecule has 8 heteroatoms. The second kappa shape index (κ2) is 7.83. The third-order valence-electron chi connectivity index (χ3n) is 4.79. The Hall–Kier alpha value is -3.55. The summed E-state index contributed by atoms with van der Waals surface area (Å²) in [5.74, 6) is 2.05. The smallest absolute Gasteiger partial charge is 0.262 e. The van der Waals surface area contributed by atoms with Crippen molar-refractivity contribution in [3.05, 3.63) is 52.6 Å². The zero-order valence-electron chi connectivity index (χ0n) is 16.2. The van der Waals surface area contributed by atoms with Crippen molar-refractivity contribution < 1.29 is 19.0 Å². The van der Waals surface area contributed by atoms with Crippen LogP contribution in [0.2, 0.25) is 0 Å². The highest BCUT2D eigenvalue weighted by Crippen LogP contribution is 2.26. The van der Waals surface area contributed by atoms with Gasteiger partial charge in [-0.25, -0.2) is 4.98 Å². The maximum absolute atomic E-state index is 12.6. The van der Waals surface area contributed by atoms with Crippen molar-refractivity contribution in [2.45, 2.75) is 19.4 Å². The lowest BCUT2D eigenvalue weighted by atomic mass is 10.2. The summed E-state index contributed by atoms with van der Waals surface area (Å²) in [7, 11) is 3.08. The molecule has 0 spiro atoms. The molecule has 0 saturated carbocycles. The average Bonchev–Trinajstić information content (AvgIpc) is 3.21. The molecule has 0 unspecified atom stereocenters. The van der Waals surface area contributed by atoms with Gasteiger partial charge in [0, 0.05) is 36.9 Å². The molecule has 2 heterocycles. The van der Waals surface area contributed by atoms with E-state index in [9.17, 15) is 9.59 Å². The Morgan fingerprint density at radius 1 is 1.10 bits per heavy atom. The number of aromatic nitrogens is 2. The number of anilines is 1. The molecular formula is C21H21N3O5. The summed E-state index contributed by atoms with van der Waals surface area (Å²) in [6.45, 7) is 0.485. The van der Waals surface area contributed by atoms with Crippen molar-refractivity contribution >= 4 is 22.5 Å². The molecule has 150 valence electrons. The molecule has 4 rings (SSSR count). The van der Waals surface area contributed by atoms with Crippen LogP contribution in [0.15, 0.2) is 41.2 Å². The average molecular weight is 395 g/mol. The highest BCUT2D eigenvalue weighted by atomic mass is 16.5. The molecule has 0 atom stereocenters. The summed E-state index contributed by atoms with van der Waals surface area (Å²) >= 11 is 0. The van der Waals surface area contributed by atoms with Crippen LogP contribution in [-0.2, 0) is 17.8 Å². The summed E-state index contributed by atoms with van der Waals surface area (Å²) in [6.07, 6.45) is 1.75. The quantitative estimate of drug-likeness (QED) is 0.689. The van der Waals surface area contributed by atoms with E-state index in [-0.39, 0.29) is 18.1 Å². The lowest BCUT2D eigenvalue weighted by Crippen LogP contribution is -2.22. The van der Waals surface area contributed by atoms with Crippen LogP contribution < -0.4 is 25.1 Å². The fourth-order valence-electron chi connectivity index (χ4n) is 3.38. The summed E-state index contributed by atoms with van der Waals surface area (Å²) in [5.41, 5.74) is 1.11. The van der Waals surface area contributed by atoms with Crippen LogP contribution in [-0.4, -0.2) is 36.3 Å². The Morgan fingerprint density at radius 2 is 1.86 bits per heavy atom. The second-order valence-electron chi connectivity index (χ2n) is 6.71. The molecule has 2 aromatic carbocycles. The molecular weight excluding hydrogens is 374 g/mol. The maximum atomic E-state index is 12.6. The molecule has 0 aliphatic carbocycles. The molecule has 3 aromatic rings. The highest BCUT2D eigenvalue weighted by Gasteiger charge is 2.16. The zero-order chi connectivity index (χ0) is 20.4. The minimum absolute atomic E-state index is 0.0686. The molecule has 29 heavy (non-hydrogen) atoms. The van der Waals surface area contributed by atoms with Gasteiger partial charge in [0.2, 0.25) is 0 Å². The van der Waals surface area contributed by atoms with E-state index in [1.165, 1.54) is 14.2 Å². The molecule has 8 nitrogen and oxygen atoms in total. The van der Waals surface area contributed by atoms with Crippen LogP contribution in [0.4, 0.5) is 5.69 Å². The van der Waals surface area contributed by atoms with E-state index in [1.54, 1.807) is 41.0 Å². The molecule has 0 fully saturated rings. The monoisotopic (exact) mass is 395 g/mol. The number of nitrogens with one attached hydrogen (secondary N) is 1. The SMILES string of the molecule is COc1cc(NC(=O)COc2ccc3nc4n(c(=O)c3c2)CCC4)cc(OC)c1. The van der Waals surface area contributed by atoms with E-state index in [0.29, 0.717) is 40.4 Å². The first kappa shape index (κ1) is 18.8. The van der Waals surface area contributed by atoms with Gasteiger partial charge < -0.3 is 19.5 Å². The third-order valence-corrected chi connectivity index (χ3v) is 4.79. The third kappa shape index (κ3) is 3.87. The lowest BCUT2D eigenvalue weighted by molar-refractivity contribution is -0.118. The summed E-state index contributed by atoms with van der Waals surface area (Å²) < 4.78 is 17.7. The van der Waals surface area contributed by atoms with Gasteiger partial charge in [0.25, 0.3) is 11.5 Å². The van der Waals surface area contributed by atoms with Crippen LogP contribution in [0.3, 0.4) is 0 Å². The zero-order valence-corrected chi connectivity index (χ0v) is 16.2. The number of amides is 1. The first-order valence-corrected chi connectivity index (χ1v) is 9.26. The molecule has 1 amide bonds. The number of hydrogen-bond acceptors (Lipinski definition) is 6. The fourth-order valence-corrected chi connectivity index (χ4v) is 3.38. The predicted molar refractivity (Wildman–Crippen MR) is 108 cm³/mol. The van der Waals surface area contributed by atoms with E-state index in [4.69, 9.17) is 14.2 Å². The van der Waals surface area contributed by atoms with Gasteiger partial charge in [-0.1, -0.05) is 0 Å². The van der Waals surface area contributed by atoms with E-state index < -0.39 is 0 Å². The van der Waals surface area contributed by atoms with Gasteiger partial charge in [-0.15, -0.1) is 0 Å². The van der Waals surface area contributed by atoms with E-state index in [1.807, 2.05) is 0 Å². The number of methoxy groups -OCH3 is 2. The largest absolute Gasteiger partial charge is 0.497 e. The number of nitrogens with zero attached hydrogens (tertiary/aromatic N) is 2. The first-order valence-electron chi connectivity index (χ1n) is 9.26. The minimum Gasteiger partial charge on any atom is -0.497 e. The fraction of sp³-hybridized carbons (Fsp3) is 0.286. The van der Waals surface area contributed by atoms with E-state index in [0.717, 1.165) is 18.7 Å². The van der Waals surface area contributed by atoms with Gasteiger partial charge in [-0.2, -0.15) is 0 Å². The number of rotatable bonds is 6. The van der Waals surface area contributed by atoms with E-state index >= 15 is 0 Å². The van der Waals surface area contributed by atoms with Crippen LogP contribution in [0.5, 0.6) is 17.2 Å². The number of ether oxygens (including phenoxy) is 3. The van der Waals surface area contributed by atoms with Crippen molar-refractivity contribution in [1.82, 2.24) is 9.55 Å². The van der Waals surface area contributed by atoms with Gasteiger partial charge in [0.1, 0.15) is 23.1 Å². The molecule has 1 N–H and O–H groups in total. The van der Waals surface area contributed by atoms with Crippen molar-refractivity contribution in [2.75, 3.05) is 26.1 Å². The van der Waals surface area contributed by atoms with Crippen LogP contribution >= 0.6 is 0 Å². The number of carbonyl (C=O) groups is 1. The van der Waals surface area contributed by atoms with Gasteiger partial charge in [-0.05, 0) is 24.6 Å². The summed E-state index contributed by atoms with van der Waals surface area (Å²) in [6, 6.07) is 10.2. The van der Waals surface area contributed by atoms with Gasteiger partial charge in [0.05, 0.1) is 25.1 Å². The summed E-state index contributed by atoms with van der Waals surface area (Å²) in [5, 5.41) is 3.23. The molecule has 0 bridgehead atoms. The van der Waals surface area contributed by atoms with Crippen molar-refractivity contribution in [2.24, 2.45) is 0 Å². The molecule has 1 aromatic heterocycles. The number of carbonyl (C=O) groups excluding carboxylic acids is 1. The molecule has 0 saturated heterocycles. The van der Waals surface area contributed by atoms with Gasteiger partial charge in [-0.3, -0.25) is 14.2 Å². The highest BCUT2D eigenvalue weighted by molar-refractivity contribution is 5.92. The topological polar surface area (TPSA) is 91.7 Å². The molecule has 1 aliphatic rings. The van der Waals surface area contributed by atoms with Crippen molar-refractivity contribution in [1.29, 1.82) is 0 Å². The predicted octanol–water partition coefficient (Wildman–Crippen LogP) is 2.38. The Labute approximate surface area is 167 Å². The number of benzene rings is 2. The number of aryl methyl sites for hydroxylation is 1. The summed E-state index contributed by atoms with van der Waals surface area (Å²) in [4.78, 5) is 29.5. The second-order valence-corrected chi connectivity index (χ2v) is 6.71. The Bertz CT molecular complexity index is 1120. The van der Waals surface area contributed by atoms with Crippen LogP contribution in [0.1, 0.15) is 12.2 Å². The van der Waals surface area contributed by atoms with Gasteiger partial charge >= 0.3 is 0 Å². The number of hydrogen-bond donors (Lipinski definition) is 1. The lowest BCUT2D eigenvalue weighted by Gasteiger charge is -2.11. The molecule has 0 radical (unpaired) electrons. The van der Waals surface area contributed by atoms with Crippen molar-refractivity contribution in [3.63, 3.8) is 0 Å².